The molecule has 0 heterocycles. The molecule has 0 fully saturated rings. The largest absolute Gasteiger partial charge is 0.489 e. The molecule has 2 rings (SSSR count). The van der Waals surface area contributed by atoms with Gasteiger partial charge in [0.15, 0.2) is 0 Å². The smallest absolute Gasteiger partial charge is 0.123 e. The van der Waals surface area contributed by atoms with Gasteiger partial charge in [-0.1, -0.05) is 29.3 Å². The van der Waals surface area contributed by atoms with Gasteiger partial charge in [0, 0.05) is 21.3 Å². The summed E-state index contributed by atoms with van der Waals surface area (Å²) in [4.78, 5) is 0. The fraction of sp³-hybridized carbons (Fsp3) is 0.125. The molecule has 2 aromatic rings. The van der Waals surface area contributed by atoms with Crippen LogP contribution in [0, 0.1) is 0 Å². The van der Waals surface area contributed by atoms with Crippen molar-refractivity contribution < 1.29 is 4.74 Å². The predicted octanol–water partition coefficient (Wildman–Crippen LogP) is 4.88. The molecule has 0 amide bonds. The lowest BCUT2D eigenvalue weighted by Gasteiger charge is -2.12. The average Bonchev–Trinajstić information content (AvgIpc) is 2.42. The molecule has 0 saturated heterocycles. The minimum absolute atomic E-state index is 0.355. The lowest BCUT2D eigenvalue weighted by atomic mass is 10.1. The van der Waals surface area contributed by atoms with Gasteiger partial charge in [-0.15, -0.1) is 6.58 Å². The molecule has 0 bridgehead atoms. The molecule has 0 radical (unpaired) electrons. The summed E-state index contributed by atoms with van der Waals surface area (Å²) in [5.74, 6) is 0.773. The highest BCUT2D eigenvalue weighted by atomic mass is 35.5. The van der Waals surface area contributed by atoms with Gasteiger partial charge in [-0.05, 0) is 48.4 Å². The van der Waals surface area contributed by atoms with Crippen LogP contribution in [-0.4, -0.2) is 0 Å². The number of hydrogen-bond donors (Lipinski definition) is 1. The third kappa shape index (κ3) is 3.69. The van der Waals surface area contributed by atoms with Gasteiger partial charge in [0.25, 0.3) is 0 Å². The number of hydrogen-bond acceptors (Lipinski definition) is 2. The van der Waals surface area contributed by atoms with Crippen LogP contribution in [0.25, 0.3) is 0 Å². The minimum atomic E-state index is 0.355. The number of nitrogen functional groups attached to an aromatic ring is 1. The molecule has 2 aromatic carbocycles. The second-order valence-corrected chi connectivity index (χ2v) is 5.23. The van der Waals surface area contributed by atoms with Crippen LogP contribution >= 0.6 is 23.2 Å². The molecular weight excluding hydrogens is 293 g/mol. The molecule has 104 valence electrons. The van der Waals surface area contributed by atoms with Crippen LogP contribution in [0.5, 0.6) is 5.75 Å². The first-order chi connectivity index (χ1) is 9.60. The summed E-state index contributed by atoms with van der Waals surface area (Å²) >= 11 is 12.1. The van der Waals surface area contributed by atoms with Crippen LogP contribution in [0.1, 0.15) is 11.1 Å². The molecule has 0 unspecified atom stereocenters. The Labute approximate surface area is 128 Å². The number of allylic oxidation sites excluding steroid dienone is 1. The van der Waals surface area contributed by atoms with E-state index < -0.39 is 0 Å². The first-order valence-electron chi connectivity index (χ1n) is 6.16. The molecule has 0 saturated carbocycles. The van der Waals surface area contributed by atoms with E-state index >= 15 is 0 Å². The summed E-state index contributed by atoms with van der Waals surface area (Å²) in [5, 5.41) is 1.27. The molecule has 4 heteroatoms. The summed E-state index contributed by atoms with van der Waals surface area (Å²) in [7, 11) is 0. The molecule has 2 N–H and O–H groups in total. The number of rotatable bonds is 5. The molecule has 0 atom stereocenters. The Morgan fingerprint density at radius 3 is 2.65 bits per heavy atom. The van der Waals surface area contributed by atoms with Crippen LogP contribution in [0.15, 0.2) is 49.1 Å². The molecule has 2 nitrogen and oxygen atoms in total. The van der Waals surface area contributed by atoms with E-state index in [0.29, 0.717) is 28.8 Å². The Hall–Kier alpha value is -1.64. The van der Waals surface area contributed by atoms with Crippen molar-refractivity contribution >= 4 is 28.9 Å². The zero-order chi connectivity index (χ0) is 14.5. The van der Waals surface area contributed by atoms with Crippen molar-refractivity contribution in [1.29, 1.82) is 0 Å². The van der Waals surface area contributed by atoms with Crippen molar-refractivity contribution in [3.8, 4) is 5.75 Å². The lowest BCUT2D eigenvalue weighted by molar-refractivity contribution is 0.303. The van der Waals surface area contributed by atoms with Gasteiger partial charge in [0.05, 0.1) is 0 Å². The highest BCUT2D eigenvalue weighted by Gasteiger charge is 2.06. The topological polar surface area (TPSA) is 35.2 Å². The van der Waals surface area contributed by atoms with Gasteiger partial charge in [-0.2, -0.15) is 0 Å². The van der Waals surface area contributed by atoms with Crippen LogP contribution in [0.3, 0.4) is 0 Å². The quantitative estimate of drug-likeness (QED) is 0.631. The van der Waals surface area contributed by atoms with Crippen LogP contribution in [0.2, 0.25) is 10.0 Å². The fourth-order valence-corrected chi connectivity index (χ4v) is 2.23. The fourth-order valence-electron chi connectivity index (χ4n) is 1.86. The van der Waals surface area contributed by atoms with Gasteiger partial charge in [-0.3, -0.25) is 0 Å². The van der Waals surface area contributed by atoms with Gasteiger partial charge in [-0.25, -0.2) is 0 Å². The summed E-state index contributed by atoms with van der Waals surface area (Å²) in [6.07, 6.45) is 2.51. The molecule has 0 aromatic heterocycles. The van der Waals surface area contributed by atoms with E-state index in [4.69, 9.17) is 33.7 Å². The van der Waals surface area contributed by atoms with E-state index in [9.17, 15) is 0 Å². The van der Waals surface area contributed by atoms with Crippen LogP contribution < -0.4 is 10.5 Å². The first kappa shape index (κ1) is 14.8. The molecular formula is C16H15Cl2NO. The molecule has 0 aliphatic carbocycles. The first-order valence-corrected chi connectivity index (χ1v) is 6.92. The van der Waals surface area contributed by atoms with Crippen molar-refractivity contribution in [3.05, 3.63) is 70.2 Å². The van der Waals surface area contributed by atoms with E-state index in [-0.39, 0.29) is 0 Å². The van der Waals surface area contributed by atoms with Crippen molar-refractivity contribution in [2.24, 2.45) is 0 Å². The van der Waals surface area contributed by atoms with Crippen molar-refractivity contribution in [3.63, 3.8) is 0 Å². The van der Waals surface area contributed by atoms with E-state index in [2.05, 4.69) is 6.58 Å². The second-order valence-electron chi connectivity index (χ2n) is 4.38. The van der Waals surface area contributed by atoms with Crippen molar-refractivity contribution in [1.82, 2.24) is 0 Å². The zero-order valence-corrected chi connectivity index (χ0v) is 12.4. The maximum absolute atomic E-state index is 6.11. The summed E-state index contributed by atoms with van der Waals surface area (Å²) in [6.45, 7) is 4.09. The molecule has 0 spiro atoms. The Bertz CT molecular complexity index is 626. The summed E-state index contributed by atoms with van der Waals surface area (Å²) in [6, 6.07) is 10.9. The summed E-state index contributed by atoms with van der Waals surface area (Å²) < 4.78 is 5.82. The van der Waals surface area contributed by atoms with Gasteiger partial charge in [0.2, 0.25) is 0 Å². The Morgan fingerprint density at radius 1 is 1.10 bits per heavy atom. The lowest BCUT2D eigenvalue weighted by Crippen LogP contribution is -2.00. The van der Waals surface area contributed by atoms with E-state index in [1.807, 2.05) is 24.3 Å². The maximum Gasteiger partial charge on any atom is 0.123 e. The standard InChI is InChI=1S/C16H15Cl2NO/c1-2-3-11-9-14(19)5-7-16(11)20-10-12-8-13(17)4-6-15(12)18/h2,4-9H,1,3,10,19H2. The predicted molar refractivity (Wildman–Crippen MR) is 85.5 cm³/mol. The zero-order valence-electron chi connectivity index (χ0n) is 10.9. The third-order valence-corrected chi connectivity index (χ3v) is 3.44. The molecule has 20 heavy (non-hydrogen) atoms. The highest BCUT2D eigenvalue weighted by Crippen LogP contribution is 2.26. The van der Waals surface area contributed by atoms with Crippen LogP contribution in [-0.2, 0) is 13.0 Å². The number of anilines is 1. The Kier molecular flexibility index (Phi) is 4.94. The van der Waals surface area contributed by atoms with Gasteiger partial charge < -0.3 is 10.5 Å². The maximum atomic E-state index is 6.11. The second kappa shape index (κ2) is 6.69. The Balaban J connectivity index is 2.18. The van der Waals surface area contributed by atoms with Crippen molar-refractivity contribution in [2.45, 2.75) is 13.0 Å². The average molecular weight is 308 g/mol. The third-order valence-electron chi connectivity index (χ3n) is 2.84. The number of benzene rings is 2. The highest BCUT2D eigenvalue weighted by molar-refractivity contribution is 6.33. The number of nitrogens with two attached hydrogens (primary N) is 1. The van der Waals surface area contributed by atoms with E-state index in [1.165, 1.54) is 0 Å². The normalized spacial score (nSPS) is 10.3. The molecule has 0 aliphatic rings. The summed E-state index contributed by atoms with van der Waals surface area (Å²) in [5.41, 5.74) is 8.33. The Morgan fingerprint density at radius 2 is 1.90 bits per heavy atom. The monoisotopic (exact) mass is 307 g/mol. The van der Waals surface area contributed by atoms with E-state index in [1.54, 1.807) is 18.2 Å². The van der Waals surface area contributed by atoms with E-state index in [0.717, 1.165) is 16.9 Å². The van der Waals surface area contributed by atoms with Gasteiger partial charge >= 0.3 is 0 Å². The number of ether oxygens (including phenoxy) is 1. The van der Waals surface area contributed by atoms with Crippen LogP contribution in [0.4, 0.5) is 5.69 Å². The SMILES string of the molecule is C=CCc1cc(N)ccc1OCc1cc(Cl)ccc1Cl. The van der Waals surface area contributed by atoms with Crippen molar-refractivity contribution in [2.75, 3.05) is 5.73 Å². The van der Waals surface area contributed by atoms with Gasteiger partial charge in [0.1, 0.15) is 12.4 Å². The minimum Gasteiger partial charge on any atom is -0.489 e. The molecule has 0 aliphatic heterocycles. The number of halogens is 2.